The standard InChI is InChI=1S/C23H30N2O5S/c1-29-21-10-6-19(7-11-21)17-25(18-20-8-12-22(30-2)13-9-20)31(27,28)16-15-24-14-4-3-5-23(24)26/h6-13H,3-5,14-18H2,1-2H3. The summed E-state index contributed by atoms with van der Waals surface area (Å²) in [6.07, 6.45) is 2.30. The molecule has 0 aromatic heterocycles. The zero-order valence-electron chi connectivity index (χ0n) is 18.1. The van der Waals surface area contributed by atoms with E-state index in [1.54, 1.807) is 19.1 Å². The summed E-state index contributed by atoms with van der Waals surface area (Å²) >= 11 is 0. The van der Waals surface area contributed by atoms with Gasteiger partial charge in [0, 0.05) is 32.6 Å². The number of hydrogen-bond donors (Lipinski definition) is 0. The van der Waals surface area contributed by atoms with Crippen LogP contribution < -0.4 is 9.47 Å². The summed E-state index contributed by atoms with van der Waals surface area (Å²) in [5.41, 5.74) is 1.74. The number of hydrogen-bond acceptors (Lipinski definition) is 5. The second kappa shape index (κ2) is 10.6. The number of rotatable bonds is 10. The topological polar surface area (TPSA) is 76.2 Å². The average molecular weight is 447 g/mol. The smallest absolute Gasteiger partial charge is 0.222 e. The SMILES string of the molecule is COc1ccc(CN(Cc2ccc(OC)cc2)S(=O)(=O)CCN2CCCCC2=O)cc1. The summed E-state index contributed by atoms with van der Waals surface area (Å²) < 4.78 is 38.4. The van der Waals surface area contributed by atoms with E-state index in [4.69, 9.17) is 9.47 Å². The fourth-order valence-electron chi connectivity index (χ4n) is 3.57. The van der Waals surface area contributed by atoms with Crippen molar-refractivity contribution in [1.29, 1.82) is 0 Å². The molecule has 31 heavy (non-hydrogen) atoms. The second-order valence-corrected chi connectivity index (χ2v) is 9.71. The molecule has 1 heterocycles. The third-order valence-corrected chi connectivity index (χ3v) is 7.21. The highest BCUT2D eigenvalue weighted by molar-refractivity contribution is 7.89. The molecule has 1 fully saturated rings. The van der Waals surface area contributed by atoms with Gasteiger partial charge in [0.25, 0.3) is 0 Å². The molecule has 1 aliphatic rings. The fourth-order valence-corrected chi connectivity index (χ4v) is 4.98. The van der Waals surface area contributed by atoms with Gasteiger partial charge in [-0.1, -0.05) is 24.3 Å². The maximum absolute atomic E-state index is 13.3. The van der Waals surface area contributed by atoms with E-state index in [0.29, 0.717) is 13.0 Å². The highest BCUT2D eigenvalue weighted by Crippen LogP contribution is 2.20. The third-order valence-electron chi connectivity index (χ3n) is 5.47. The van der Waals surface area contributed by atoms with Gasteiger partial charge in [0.05, 0.1) is 20.0 Å². The molecule has 0 spiro atoms. The monoisotopic (exact) mass is 446 g/mol. The molecule has 0 radical (unpaired) electrons. The van der Waals surface area contributed by atoms with Gasteiger partial charge in [0.2, 0.25) is 15.9 Å². The predicted molar refractivity (Wildman–Crippen MR) is 119 cm³/mol. The number of likely N-dealkylation sites (tertiary alicyclic amines) is 1. The summed E-state index contributed by atoms with van der Waals surface area (Å²) in [6, 6.07) is 14.7. The van der Waals surface area contributed by atoms with Crippen molar-refractivity contribution in [2.45, 2.75) is 32.4 Å². The maximum atomic E-state index is 13.3. The molecular weight excluding hydrogens is 416 g/mol. The van der Waals surface area contributed by atoms with Crippen LogP contribution in [0.25, 0.3) is 0 Å². The summed E-state index contributed by atoms with van der Waals surface area (Å²) in [5, 5.41) is 0. The van der Waals surface area contributed by atoms with Gasteiger partial charge < -0.3 is 14.4 Å². The summed E-state index contributed by atoms with van der Waals surface area (Å²) in [6.45, 7) is 1.34. The number of methoxy groups -OCH3 is 2. The first kappa shape index (κ1) is 23.1. The van der Waals surface area contributed by atoms with E-state index in [1.807, 2.05) is 48.5 Å². The van der Waals surface area contributed by atoms with Crippen LogP contribution in [0.2, 0.25) is 0 Å². The molecule has 7 nitrogen and oxygen atoms in total. The van der Waals surface area contributed by atoms with E-state index in [1.165, 1.54) is 4.31 Å². The van der Waals surface area contributed by atoms with Gasteiger partial charge in [0.1, 0.15) is 11.5 Å². The van der Waals surface area contributed by atoms with Crippen LogP contribution in [0.5, 0.6) is 11.5 Å². The van der Waals surface area contributed by atoms with E-state index in [9.17, 15) is 13.2 Å². The van der Waals surface area contributed by atoms with Crippen LogP contribution in [0.4, 0.5) is 0 Å². The lowest BCUT2D eigenvalue weighted by molar-refractivity contribution is -0.132. The number of sulfonamides is 1. The zero-order valence-corrected chi connectivity index (χ0v) is 18.9. The van der Waals surface area contributed by atoms with E-state index < -0.39 is 10.0 Å². The van der Waals surface area contributed by atoms with Crippen molar-refractivity contribution in [3.8, 4) is 11.5 Å². The first-order chi connectivity index (χ1) is 14.9. The summed E-state index contributed by atoms with van der Waals surface area (Å²) in [7, 11) is -0.407. The number of carbonyl (C=O) groups excluding carboxylic acids is 1. The van der Waals surface area contributed by atoms with Crippen molar-refractivity contribution in [2.24, 2.45) is 0 Å². The predicted octanol–water partition coefficient (Wildman–Crippen LogP) is 3.05. The Bertz CT molecular complexity index is 909. The minimum atomic E-state index is -3.60. The van der Waals surface area contributed by atoms with Crippen LogP contribution in [0.1, 0.15) is 30.4 Å². The largest absolute Gasteiger partial charge is 0.497 e. The minimum Gasteiger partial charge on any atom is -0.497 e. The molecular formula is C23H30N2O5S. The van der Waals surface area contributed by atoms with Crippen molar-refractivity contribution < 1.29 is 22.7 Å². The Kier molecular flexibility index (Phi) is 7.92. The molecule has 0 atom stereocenters. The normalized spacial score (nSPS) is 14.7. The average Bonchev–Trinajstić information content (AvgIpc) is 2.79. The number of benzene rings is 2. The van der Waals surface area contributed by atoms with Crippen molar-refractivity contribution in [2.75, 3.05) is 33.1 Å². The van der Waals surface area contributed by atoms with Gasteiger partial charge in [-0.25, -0.2) is 8.42 Å². The van der Waals surface area contributed by atoms with Crippen molar-refractivity contribution >= 4 is 15.9 Å². The molecule has 1 amide bonds. The molecule has 0 unspecified atom stereocenters. The first-order valence-corrected chi connectivity index (χ1v) is 12.0. The van der Waals surface area contributed by atoms with Gasteiger partial charge in [-0.15, -0.1) is 0 Å². The Morgan fingerprint density at radius 2 is 1.39 bits per heavy atom. The molecule has 8 heteroatoms. The zero-order chi connectivity index (χ0) is 22.3. The summed E-state index contributed by atoms with van der Waals surface area (Å²) in [4.78, 5) is 13.7. The Labute approximate surface area is 184 Å². The lowest BCUT2D eigenvalue weighted by Crippen LogP contribution is -2.41. The second-order valence-electron chi connectivity index (χ2n) is 7.62. The Balaban J connectivity index is 1.77. The van der Waals surface area contributed by atoms with Gasteiger partial charge in [-0.2, -0.15) is 4.31 Å². The lowest BCUT2D eigenvalue weighted by Gasteiger charge is -2.28. The van der Waals surface area contributed by atoms with Crippen molar-refractivity contribution in [3.05, 3.63) is 59.7 Å². The van der Waals surface area contributed by atoms with Gasteiger partial charge in [0.15, 0.2) is 0 Å². The van der Waals surface area contributed by atoms with Gasteiger partial charge in [-0.3, -0.25) is 4.79 Å². The minimum absolute atomic E-state index is 0.0401. The van der Waals surface area contributed by atoms with Crippen LogP contribution in [-0.4, -0.2) is 56.6 Å². The third kappa shape index (κ3) is 6.45. The van der Waals surface area contributed by atoms with E-state index in [-0.39, 0.29) is 31.3 Å². The molecule has 0 bridgehead atoms. The molecule has 2 aromatic rings. The fraction of sp³-hybridized carbons (Fsp3) is 0.435. The van der Waals surface area contributed by atoms with Crippen LogP contribution in [0.15, 0.2) is 48.5 Å². The maximum Gasteiger partial charge on any atom is 0.222 e. The summed E-state index contributed by atoms with van der Waals surface area (Å²) in [5.74, 6) is 1.39. The van der Waals surface area contributed by atoms with Gasteiger partial charge >= 0.3 is 0 Å². The molecule has 1 aliphatic heterocycles. The molecule has 0 saturated carbocycles. The molecule has 3 rings (SSSR count). The Hall–Kier alpha value is -2.58. The number of piperidine rings is 1. The van der Waals surface area contributed by atoms with Crippen molar-refractivity contribution in [1.82, 2.24) is 9.21 Å². The van der Waals surface area contributed by atoms with Crippen molar-refractivity contribution in [3.63, 3.8) is 0 Å². The van der Waals surface area contributed by atoms with Crippen LogP contribution >= 0.6 is 0 Å². The highest BCUT2D eigenvalue weighted by Gasteiger charge is 2.26. The number of carbonyl (C=O) groups is 1. The van der Waals surface area contributed by atoms with Crippen LogP contribution in [-0.2, 0) is 27.9 Å². The Morgan fingerprint density at radius 3 is 1.84 bits per heavy atom. The molecule has 2 aromatic carbocycles. The van der Waals surface area contributed by atoms with Crippen LogP contribution in [0, 0.1) is 0 Å². The number of amides is 1. The number of nitrogens with zero attached hydrogens (tertiary/aromatic N) is 2. The molecule has 0 N–H and O–H groups in total. The van der Waals surface area contributed by atoms with E-state index in [0.717, 1.165) is 35.5 Å². The first-order valence-electron chi connectivity index (χ1n) is 10.4. The lowest BCUT2D eigenvalue weighted by atomic mass is 10.1. The number of ether oxygens (including phenoxy) is 2. The van der Waals surface area contributed by atoms with E-state index >= 15 is 0 Å². The Morgan fingerprint density at radius 1 is 0.871 bits per heavy atom. The highest BCUT2D eigenvalue weighted by atomic mass is 32.2. The van der Waals surface area contributed by atoms with E-state index in [2.05, 4.69) is 0 Å². The molecule has 0 aliphatic carbocycles. The molecule has 1 saturated heterocycles. The van der Waals surface area contributed by atoms with Gasteiger partial charge in [-0.05, 0) is 48.2 Å². The molecule has 168 valence electrons. The van der Waals surface area contributed by atoms with Crippen LogP contribution in [0.3, 0.4) is 0 Å². The quantitative estimate of drug-likeness (QED) is 0.561.